The summed E-state index contributed by atoms with van der Waals surface area (Å²) in [4.78, 5) is 21.1. The molecule has 0 aliphatic heterocycles. The van der Waals surface area contributed by atoms with Crippen LogP contribution in [-0.4, -0.2) is 22.2 Å². The molecule has 79 valence electrons. The van der Waals surface area contributed by atoms with E-state index in [0.29, 0.717) is 6.42 Å². The highest BCUT2D eigenvalue weighted by atomic mass is 19.1. The number of rotatable bonds is 4. The van der Waals surface area contributed by atoms with Crippen LogP contribution < -0.4 is 0 Å². The van der Waals surface area contributed by atoms with E-state index in [1.165, 1.54) is 18.2 Å². The van der Waals surface area contributed by atoms with E-state index >= 15 is 0 Å². The van der Waals surface area contributed by atoms with Gasteiger partial charge in [0.05, 0.1) is 12.3 Å². The molecule has 1 aromatic carbocycles. The number of carbonyl (C=O) groups is 2. The third-order valence-electron chi connectivity index (χ3n) is 1.82. The first-order valence-corrected chi connectivity index (χ1v) is 4.07. The molecule has 1 aromatic rings. The zero-order valence-electron chi connectivity index (χ0n) is 7.55. The molecule has 4 nitrogen and oxygen atoms in total. The van der Waals surface area contributed by atoms with Crippen molar-refractivity contribution >= 4 is 11.9 Å². The summed E-state index contributed by atoms with van der Waals surface area (Å²) < 4.78 is 13.2. The van der Waals surface area contributed by atoms with E-state index in [1.54, 1.807) is 0 Å². The molecule has 1 rings (SSSR count). The molecule has 0 heterocycles. The maximum atomic E-state index is 13.2. The van der Waals surface area contributed by atoms with Crippen molar-refractivity contribution in [2.24, 2.45) is 0 Å². The molecule has 5 heteroatoms. The van der Waals surface area contributed by atoms with Crippen LogP contribution in [0, 0.1) is 12.2 Å². The van der Waals surface area contributed by atoms with Crippen molar-refractivity contribution in [3.8, 4) is 0 Å². The smallest absolute Gasteiger partial charge is 0.311 e. The second-order valence-electron chi connectivity index (χ2n) is 2.84. The quantitative estimate of drug-likeness (QED) is 0.786. The minimum Gasteiger partial charge on any atom is -0.481 e. The fraction of sp³-hybridized carbons (Fsp3) is 0.100. The van der Waals surface area contributed by atoms with Crippen LogP contribution in [0.25, 0.3) is 0 Å². The van der Waals surface area contributed by atoms with E-state index in [0.717, 1.165) is 6.07 Å². The van der Waals surface area contributed by atoms with Gasteiger partial charge < -0.3 is 10.2 Å². The van der Waals surface area contributed by atoms with Gasteiger partial charge in [0.15, 0.2) is 0 Å². The molecular weight excluding hydrogens is 203 g/mol. The monoisotopic (exact) mass is 211 g/mol. The topological polar surface area (TPSA) is 74.6 Å². The summed E-state index contributed by atoms with van der Waals surface area (Å²) in [5.41, 5.74) is -0.160. The molecule has 0 amide bonds. The summed E-state index contributed by atoms with van der Waals surface area (Å²) in [6.07, 6.45) is 0.542. The molecule has 0 fully saturated rings. The lowest BCUT2D eigenvalue weighted by atomic mass is 9.95. The lowest BCUT2D eigenvalue weighted by Gasteiger charge is -2.10. The maximum absolute atomic E-state index is 13.2. The van der Waals surface area contributed by atoms with Gasteiger partial charge in [-0.05, 0) is 6.07 Å². The standard InChI is InChI=1S/C10H8FO4/c11-8-4-2-1-3-6(8)7(10(14)15)5-9(12)13/h1-5,7H,(H,12,13)(H,14,15). The van der Waals surface area contributed by atoms with Crippen molar-refractivity contribution in [3.63, 3.8) is 0 Å². The lowest BCUT2D eigenvalue weighted by Crippen LogP contribution is -2.17. The normalized spacial score (nSPS) is 12.1. The summed E-state index contributed by atoms with van der Waals surface area (Å²) in [6.45, 7) is 0. The Morgan fingerprint density at radius 1 is 1.27 bits per heavy atom. The summed E-state index contributed by atoms with van der Waals surface area (Å²) in [5.74, 6) is -5.00. The average molecular weight is 211 g/mol. The first-order valence-electron chi connectivity index (χ1n) is 4.07. The van der Waals surface area contributed by atoms with Crippen LogP contribution in [0.3, 0.4) is 0 Å². The minimum atomic E-state index is -1.47. The van der Waals surface area contributed by atoms with Crippen molar-refractivity contribution in [1.82, 2.24) is 0 Å². The van der Waals surface area contributed by atoms with Crippen LogP contribution in [0.4, 0.5) is 4.39 Å². The molecule has 1 unspecified atom stereocenters. The molecule has 15 heavy (non-hydrogen) atoms. The zero-order valence-corrected chi connectivity index (χ0v) is 7.55. The van der Waals surface area contributed by atoms with Gasteiger partial charge in [-0.15, -0.1) is 0 Å². The first-order chi connectivity index (χ1) is 7.02. The Morgan fingerprint density at radius 3 is 2.33 bits per heavy atom. The van der Waals surface area contributed by atoms with Gasteiger partial charge in [-0.3, -0.25) is 9.59 Å². The van der Waals surface area contributed by atoms with Crippen molar-refractivity contribution in [2.45, 2.75) is 5.92 Å². The molecule has 0 aliphatic rings. The van der Waals surface area contributed by atoms with Gasteiger partial charge in [0, 0.05) is 5.56 Å². The van der Waals surface area contributed by atoms with Crippen LogP contribution in [-0.2, 0) is 9.59 Å². The van der Waals surface area contributed by atoms with Gasteiger partial charge in [-0.25, -0.2) is 4.39 Å². The van der Waals surface area contributed by atoms with E-state index < -0.39 is 23.7 Å². The highest BCUT2D eigenvalue weighted by Crippen LogP contribution is 2.21. The Bertz CT molecular complexity index is 389. The molecular formula is C10H8FO4. The number of aliphatic carboxylic acids is 2. The Morgan fingerprint density at radius 2 is 1.87 bits per heavy atom. The van der Waals surface area contributed by atoms with Crippen molar-refractivity contribution < 1.29 is 24.2 Å². The van der Waals surface area contributed by atoms with Crippen LogP contribution in [0.1, 0.15) is 11.5 Å². The molecule has 0 aliphatic carbocycles. The molecule has 0 saturated heterocycles. The maximum Gasteiger partial charge on any atom is 0.311 e. The second kappa shape index (κ2) is 4.54. The molecule has 1 radical (unpaired) electrons. The number of hydrogen-bond acceptors (Lipinski definition) is 2. The van der Waals surface area contributed by atoms with Crippen LogP contribution in [0.15, 0.2) is 24.3 Å². The van der Waals surface area contributed by atoms with Crippen molar-refractivity contribution in [1.29, 1.82) is 0 Å². The number of carboxylic acids is 2. The largest absolute Gasteiger partial charge is 0.481 e. The number of benzene rings is 1. The van der Waals surface area contributed by atoms with Crippen molar-refractivity contribution in [2.75, 3.05) is 0 Å². The molecule has 2 N–H and O–H groups in total. The lowest BCUT2D eigenvalue weighted by molar-refractivity contribution is -0.141. The zero-order chi connectivity index (χ0) is 11.4. The van der Waals surface area contributed by atoms with E-state index in [-0.39, 0.29) is 5.56 Å². The Kier molecular flexibility index (Phi) is 3.38. The SMILES string of the molecule is O=C(O)[CH]C(C(=O)O)c1ccccc1F. The Balaban J connectivity index is 3.04. The van der Waals surface area contributed by atoms with E-state index in [2.05, 4.69) is 0 Å². The van der Waals surface area contributed by atoms with Gasteiger partial charge in [0.2, 0.25) is 0 Å². The summed E-state index contributed by atoms with van der Waals surface area (Å²) in [6, 6.07) is 5.18. The van der Waals surface area contributed by atoms with Crippen LogP contribution in [0.2, 0.25) is 0 Å². The van der Waals surface area contributed by atoms with E-state index in [4.69, 9.17) is 10.2 Å². The highest BCUT2D eigenvalue weighted by Gasteiger charge is 2.25. The minimum absolute atomic E-state index is 0.160. The molecule has 0 aromatic heterocycles. The fourth-order valence-electron chi connectivity index (χ4n) is 1.16. The number of carboxylic acid groups (broad SMARTS) is 2. The predicted molar refractivity (Wildman–Crippen MR) is 48.7 cm³/mol. The predicted octanol–water partition coefficient (Wildman–Crippen LogP) is 1.28. The fourth-order valence-corrected chi connectivity index (χ4v) is 1.16. The molecule has 0 spiro atoms. The van der Waals surface area contributed by atoms with Crippen LogP contribution >= 0.6 is 0 Å². The van der Waals surface area contributed by atoms with Gasteiger partial charge in [0.25, 0.3) is 0 Å². The molecule has 1 atom stereocenters. The number of halogens is 1. The summed E-state index contributed by atoms with van der Waals surface area (Å²) in [7, 11) is 0. The summed E-state index contributed by atoms with van der Waals surface area (Å²) >= 11 is 0. The molecule has 0 bridgehead atoms. The van der Waals surface area contributed by atoms with Crippen molar-refractivity contribution in [3.05, 3.63) is 42.1 Å². The van der Waals surface area contributed by atoms with Gasteiger partial charge >= 0.3 is 11.9 Å². The highest BCUT2D eigenvalue weighted by molar-refractivity contribution is 5.89. The Hall–Kier alpha value is -1.91. The van der Waals surface area contributed by atoms with E-state index in [9.17, 15) is 14.0 Å². The van der Waals surface area contributed by atoms with E-state index in [1.807, 2.05) is 0 Å². The summed E-state index contributed by atoms with van der Waals surface area (Å²) in [5, 5.41) is 17.2. The number of hydrogen-bond donors (Lipinski definition) is 2. The third-order valence-corrected chi connectivity index (χ3v) is 1.82. The van der Waals surface area contributed by atoms with Crippen LogP contribution in [0.5, 0.6) is 0 Å². The second-order valence-corrected chi connectivity index (χ2v) is 2.84. The van der Waals surface area contributed by atoms with Gasteiger partial charge in [-0.2, -0.15) is 0 Å². The first kappa shape index (κ1) is 11.2. The third kappa shape index (κ3) is 2.77. The Labute approximate surface area is 85.0 Å². The van der Waals surface area contributed by atoms with Gasteiger partial charge in [-0.1, -0.05) is 18.2 Å². The molecule has 0 saturated carbocycles. The average Bonchev–Trinajstić information content (AvgIpc) is 2.15. The van der Waals surface area contributed by atoms with Gasteiger partial charge in [0.1, 0.15) is 5.82 Å².